The number of halogens is 3. The molecule has 2 amide bonds. The number of imide groups is 1. The summed E-state index contributed by atoms with van der Waals surface area (Å²) >= 11 is 0. The first-order chi connectivity index (χ1) is 11.4. The Bertz CT molecular complexity index is 714. The summed E-state index contributed by atoms with van der Waals surface area (Å²) in [4.78, 5) is 26.1. The van der Waals surface area contributed by atoms with Gasteiger partial charge in [-0.3, -0.25) is 14.5 Å². The minimum Gasteiger partial charge on any atom is -0.367 e. The number of nitrogens with zero attached hydrogens (tertiary/aromatic N) is 1. The highest BCUT2D eigenvalue weighted by Crippen LogP contribution is 2.52. The molecule has 24 heavy (non-hydrogen) atoms. The Kier molecular flexibility index (Phi) is 3.23. The lowest BCUT2D eigenvalue weighted by atomic mass is 9.85. The maximum atomic E-state index is 13.0. The minimum atomic E-state index is -4.50. The number of nitrogens with one attached hydrogen (secondary N) is 1. The minimum absolute atomic E-state index is 0.0870. The van der Waals surface area contributed by atoms with Gasteiger partial charge in [-0.1, -0.05) is 24.3 Å². The van der Waals surface area contributed by atoms with Crippen molar-refractivity contribution < 1.29 is 22.8 Å². The lowest BCUT2D eigenvalue weighted by Gasteiger charge is -2.20. The number of likely N-dealkylation sites (tertiary alicyclic amines) is 1. The molecular formula is C17H15F3N2O2. The largest absolute Gasteiger partial charge is 0.418 e. The topological polar surface area (TPSA) is 49.4 Å². The zero-order valence-electron chi connectivity index (χ0n) is 12.6. The van der Waals surface area contributed by atoms with Gasteiger partial charge in [-0.15, -0.1) is 0 Å². The third-order valence-electron chi connectivity index (χ3n) is 5.22. The van der Waals surface area contributed by atoms with Crippen molar-refractivity contribution in [2.75, 3.05) is 12.0 Å². The molecule has 4 rings (SSSR count). The fourth-order valence-corrected chi connectivity index (χ4v) is 4.17. The van der Waals surface area contributed by atoms with E-state index in [9.17, 15) is 22.8 Å². The van der Waals surface area contributed by atoms with Gasteiger partial charge in [-0.05, 0) is 30.4 Å². The molecule has 1 aromatic rings. The van der Waals surface area contributed by atoms with E-state index in [2.05, 4.69) is 5.32 Å². The molecule has 1 saturated heterocycles. The summed E-state index contributed by atoms with van der Waals surface area (Å²) in [6.07, 6.45) is 0.285. The molecule has 4 nitrogen and oxygen atoms in total. The number of allylic oxidation sites excluding steroid dienone is 2. The van der Waals surface area contributed by atoms with Gasteiger partial charge in [-0.2, -0.15) is 13.2 Å². The van der Waals surface area contributed by atoms with Gasteiger partial charge in [0.2, 0.25) is 11.8 Å². The molecule has 126 valence electrons. The van der Waals surface area contributed by atoms with Crippen LogP contribution in [0.25, 0.3) is 0 Å². The van der Waals surface area contributed by atoms with Gasteiger partial charge in [0, 0.05) is 5.69 Å². The van der Waals surface area contributed by atoms with Crippen LogP contribution >= 0.6 is 0 Å². The monoisotopic (exact) mass is 336 g/mol. The van der Waals surface area contributed by atoms with Crippen molar-refractivity contribution in [1.29, 1.82) is 0 Å². The summed E-state index contributed by atoms with van der Waals surface area (Å²) in [5, 5.41) is 2.61. The summed E-state index contributed by atoms with van der Waals surface area (Å²) in [6.45, 7) is -0.239. The van der Waals surface area contributed by atoms with E-state index in [1.54, 1.807) is 0 Å². The Balaban J connectivity index is 1.52. The maximum absolute atomic E-state index is 13.0. The highest BCUT2D eigenvalue weighted by atomic mass is 19.4. The Morgan fingerprint density at radius 1 is 1.04 bits per heavy atom. The predicted molar refractivity (Wildman–Crippen MR) is 79.5 cm³/mol. The zero-order chi connectivity index (χ0) is 17.1. The average Bonchev–Trinajstić information content (AvgIpc) is 3.20. The van der Waals surface area contributed by atoms with Gasteiger partial charge in [-0.25, -0.2) is 0 Å². The van der Waals surface area contributed by atoms with Gasteiger partial charge in [0.15, 0.2) is 0 Å². The van der Waals surface area contributed by atoms with Crippen molar-refractivity contribution >= 4 is 17.5 Å². The molecule has 0 spiro atoms. The van der Waals surface area contributed by atoms with E-state index in [0.29, 0.717) is 0 Å². The van der Waals surface area contributed by atoms with E-state index < -0.39 is 11.7 Å². The van der Waals surface area contributed by atoms with Crippen LogP contribution in [0.15, 0.2) is 36.4 Å². The Morgan fingerprint density at radius 3 is 2.21 bits per heavy atom. The third kappa shape index (κ3) is 2.14. The number of carbonyl (C=O) groups is 2. The van der Waals surface area contributed by atoms with Crippen LogP contribution in [0.2, 0.25) is 0 Å². The zero-order valence-corrected chi connectivity index (χ0v) is 12.6. The van der Waals surface area contributed by atoms with Crippen molar-refractivity contribution in [1.82, 2.24) is 4.90 Å². The lowest BCUT2D eigenvalue weighted by molar-refractivity contribution is -0.140. The molecule has 1 saturated carbocycles. The van der Waals surface area contributed by atoms with Crippen molar-refractivity contribution in [3.05, 3.63) is 42.0 Å². The molecule has 1 aromatic carbocycles. The van der Waals surface area contributed by atoms with Gasteiger partial charge in [0.1, 0.15) is 0 Å². The average molecular weight is 336 g/mol. The number of para-hydroxylation sites is 1. The van der Waals surface area contributed by atoms with E-state index in [1.165, 1.54) is 18.2 Å². The molecule has 0 unspecified atom stereocenters. The van der Waals surface area contributed by atoms with Crippen LogP contribution in [0, 0.1) is 23.7 Å². The molecule has 3 aliphatic rings. The van der Waals surface area contributed by atoms with Crippen LogP contribution in [-0.2, 0) is 15.8 Å². The molecule has 2 bridgehead atoms. The fourth-order valence-electron chi connectivity index (χ4n) is 4.17. The second-order valence-corrected chi connectivity index (χ2v) is 6.48. The highest BCUT2D eigenvalue weighted by molar-refractivity contribution is 6.06. The van der Waals surface area contributed by atoms with E-state index >= 15 is 0 Å². The number of rotatable bonds is 3. The molecule has 0 aromatic heterocycles. The number of hydrogen-bond donors (Lipinski definition) is 1. The van der Waals surface area contributed by atoms with Crippen LogP contribution in [0.4, 0.5) is 18.9 Å². The molecule has 1 N–H and O–H groups in total. The second kappa shape index (κ2) is 5.09. The molecule has 7 heteroatoms. The number of fused-ring (bicyclic) bond motifs is 5. The van der Waals surface area contributed by atoms with Gasteiger partial charge < -0.3 is 5.32 Å². The van der Waals surface area contributed by atoms with E-state index in [1.807, 2.05) is 12.2 Å². The van der Waals surface area contributed by atoms with Gasteiger partial charge >= 0.3 is 6.18 Å². The molecule has 4 atom stereocenters. The molecular weight excluding hydrogens is 321 g/mol. The third-order valence-corrected chi connectivity index (χ3v) is 5.22. The smallest absolute Gasteiger partial charge is 0.367 e. The van der Waals surface area contributed by atoms with Gasteiger partial charge in [0.05, 0.1) is 24.1 Å². The number of alkyl halides is 3. The number of carbonyl (C=O) groups excluding carboxylic acids is 2. The number of anilines is 1. The summed E-state index contributed by atoms with van der Waals surface area (Å²) < 4.78 is 39.0. The molecule has 1 heterocycles. The molecule has 1 aliphatic heterocycles. The SMILES string of the molecule is O=C1[C@@H]2[C@H](C(=O)N1CNc1ccccc1C(F)(F)F)[C@H]1C=C[C@H]2C1. The van der Waals surface area contributed by atoms with Crippen molar-refractivity contribution in [3.8, 4) is 0 Å². The normalized spacial score (nSPS) is 31.0. The van der Waals surface area contributed by atoms with Crippen LogP contribution in [-0.4, -0.2) is 23.4 Å². The lowest BCUT2D eigenvalue weighted by Crippen LogP contribution is -2.37. The quantitative estimate of drug-likeness (QED) is 0.682. The first-order valence-corrected chi connectivity index (χ1v) is 7.81. The van der Waals surface area contributed by atoms with E-state index in [-0.39, 0.29) is 47.8 Å². The summed E-state index contributed by atoms with van der Waals surface area (Å²) in [7, 11) is 0. The highest BCUT2D eigenvalue weighted by Gasteiger charge is 2.59. The Hall–Kier alpha value is -2.31. The van der Waals surface area contributed by atoms with Crippen LogP contribution in [0.5, 0.6) is 0 Å². The van der Waals surface area contributed by atoms with Gasteiger partial charge in [0.25, 0.3) is 0 Å². The standard InChI is InChI=1S/C17H15F3N2O2/c18-17(19,20)11-3-1-2-4-12(11)21-8-22-15(23)13-9-5-6-10(7-9)14(13)16(22)24/h1-6,9-10,13-14,21H,7-8H2/t9-,10-,13-,14+/m0/s1. The molecule has 2 aliphatic carbocycles. The van der Waals surface area contributed by atoms with E-state index in [0.717, 1.165) is 17.4 Å². The summed E-state index contributed by atoms with van der Waals surface area (Å²) in [5.74, 6) is -1.06. The number of amides is 2. The first kappa shape index (κ1) is 15.2. The van der Waals surface area contributed by atoms with Crippen LogP contribution in [0.1, 0.15) is 12.0 Å². The fraction of sp³-hybridized carbons (Fsp3) is 0.412. The predicted octanol–water partition coefficient (Wildman–Crippen LogP) is 2.88. The van der Waals surface area contributed by atoms with Crippen molar-refractivity contribution in [3.63, 3.8) is 0 Å². The van der Waals surface area contributed by atoms with E-state index in [4.69, 9.17) is 0 Å². The van der Waals surface area contributed by atoms with Crippen LogP contribution < -0.4 is 5.32 Å². The first-order valence-electron chi connectivity index (χ1n) is 7.81. The summed E-state index contributed by atoms with van der Waals surface area (Å²) in [5.41, 5.74) is -0.949. The van der Waals surface area contributed by atoms with Crippen LogP contribution in [0.3, 0.4) is 0 Å². The molecule has 0 radical (unpaired) electrons. The molecule has 2 fully saturated rings. The summed E-state index contributed by atoms with van der Waals surface area (Å²) in [6, 6.07) is 5.03. The van der Waals surface area contributed by atoms with Crippen molar-refractivity contribution in [2.24, 2.45) is 23.7 Å². The Labute approximate surface area is 136 Å². The number of benzene rings is 1. The Morgan fingerprint density at radius 2 is 1.62 bits per heavy atom. The maximum Gasteiger partial charge on any atom is 0.418 e. The second-order valence-electron chi connectivity index (χ2n) is 6.48. The van der Waals surface area contributed by atoms with Crippen molar-refractivity contribution in [2.45, 2.75) is 12.6 Å². The number of hydrogen-bond acceptors (Lipinski definition) is 3.